The maximum Gasteiger partial charge on any atom is 0.413 e. The Morgan fingerprint density at radius 1 is 1.20 bits per heavy atom. The van der Waals surface area contributed by atoms with Gasteiger partial charge in [-0.2, -0.15) is 9.40 Å². The predicted octanol–water partition coefficient (Wildman–Crippen LogP) is 2.78. The fourth-order valence-electron chi connectivity index (χ4n) is 4.75. The van der Waals surface area contributed by atoms with Gasteiger partial charge in [-0.1, -0.05) is 23.5 Å². The normalized spacial score (nSPS) is 15.7. The maximum absolute atomic E-state index is 13.3. The number of anilines is 2. The average molecular weight is 586 g/mol. The number of amides is 1. The minimum Gasteiger partial charge on any atom is -0.453 e. The van der Waals surface area contributed by atoms with Crippen LogP contribution in [0.15, 0.2) is 41.1 Å². The third kappa shape index (κ3) is 5.77. The number of sulfonamides is 1. The minimum atomic E-state index is -3.73. The van der Waals surface area contributed by atoms with Gasteiger partial charge in [0.2, 0.25) is 0 Å². The van der Waals surface area contributed by atoms with E-state index in [0.29, 0.717) is 38.4 Å². The van der Waals surface area contributed by atoms with Crippen molar-refractivity contribution in [1.29, 1.82) is 0 Å². The van der Waals surface area contributed by atoms with E-state index < -0.39 is 16.1 Å². The molecule has 0 aliphatic carbocycles. The molecule has 2 N–H and O–H groups in total. The molecule has 212 valence electrons. The van der Waals surface area contributed by atoms with Gasteiger partial charge in [-0.3, -0.25) is 14.9 Å². The van der Waals surface area contributed by atoms with Gasteiger partial charge in [0.05, 0.1) is 24.5 Å². The van der Waals surface area contributed by atoms with Crippen LogP contribution in [0.2, 0.25) is 0 Å². The van der Waals surface area contributed by atoms with Gasteiger partial charge in [0, 0.05) is 68.5 Å². The first-order valence-electron chi connectivity index (χ1n) is 12.7. The van der Waals surface area contributed by atoms with Gasteiger partial charge >= 0.3 is 6.09 Å². The van der Waals surface area contributed by atoms with E-state index in [1.165, 1.54) is 11.4 Å². The Morgan fingerprint density at radius 3 is 2.67 bits per heavy atom. The van der Waals surface area contributed by atoms with Crippen molar-refractivity contribution in [2.45, 2.75) is 24.1 Å². The quantitative estimate of drug-likeness (QED) is 0.316. The van der Waals surface area contributed by atoms with Gasteiger partial charge < -0.3 is 10.1 Å². The Labute approximate surface area is 236 Å². The fraction of sp³-hybridized carbons (Fsp3) is 0.400. The van der Waals surface area contributed by atoms with Crippen molar-refractivity contribution in [3.8, 4) is 11.1 Å². The largest absolute Gasteiger partial charge is 0.453 e. The number of thiazole rings is 1. The number of carbonyl (C=O) groups is 1. The van der Waals surface area contributed by atoms with E-state index in [4.69, 9.17) is 0 Å². The number of hydrogen-bond donors (Lipinski definition) is 2. The molecule has 15 heteroatoms. The van der Waals surface area contributed by atoms with Crippen LogP contribution in [0.25, 0.3) is 22.0 Å². The summed E-state index contributed by atoms with van der Waals surface area (Å²) in [6.45, 7) is 6.31. The van der Waals surface area contributed by atoms with Crippen LogP contribution in [0, 0.1) is 6.92 Å². The van der Waals surface area contributed by atoms with Crippen LogP contribution in [0.4, 0.5) is 15.7 Å². The predicted molar refractivity (Wildman–Crippen MR) is 153 cm³/mol. The number of fused-ring (bicyclic) bond motifs is 1. The van der Waals surface area contributed by atoms with Gasteiger partial charge in [0.25, 0.3) is 10.0 Å². The molecule has 4 aromatic rings. The summed E-state index contributed by atoms with van der Waals surface area (Å²) < 4.78 is 34.5. The molecule has 4 heterocycles. The smallest absolute Gasteiger partial charge is 0.413 e. The third-order valence-electron chi connectivity index (χ3n) is 6.65. The third-order valence-corrected chi connectivity index (χ3v) is 10.2. The average Bonchev–Trinajstić information content (AvgIpc) is 3.54. The topological polar surface area (TPSA) is 147 Å². The molecule has 1 aliphatic heterocycles. The van der Waals surface area contributed by atoms with Gasteiger partial charge in [-0.25, -0.2) is 28.2 Å². The summed E-state index contributed by atoms with van der Waals surface area (Å²) in [6.07, 6.45) is 4.65. The molecule has 1 aromatic carbocycles. The zero-order chi connectivity index (χ0) is 28.4. The molecule has 0 bridgehead atoms. The summed E-state index contributed by atoms with van der Waals surface area (Å²) in [6, 6.07) is 6.07. The highest BCUT2D eigenvalue weighted by Gasteiger charge is 2.32. The Kier molecular flexibility index (Phi) is 7.98. The highest BCUT2D eigenvalue weighted by atomic mass is 32.2. The second-order valence-electron chi connectivity index (χ2n) is 9.59. The molecule has 0 saturated carbocycles. The van der Waals surface area contributed by atoms with Gasteiger partial charge in [-0.05, 0) is 19.9 Å². The number of ether oxygens (including phenoxy) is 1. The maximum atomic E-state index is 13.3. The molecule has 13 nitrogen and oxygen atoms in total. The number of benzene rings is 1. The molecule has 0 radical (unpaired) electrons. The monoisotopic (exact) mass is 585 g/mol. The van der Waals surface area contributed by atoms with Crippen LogP contribution in [0.5, 0.6) is 0 Å². The van der Waals surface area contributed by atoms with E-state index in [1.54, 1.807) is 17.9 Å². The lowest BCUT2D eigenvalue weighted by Gasteiger charge is -2.35. The number of aromatic nitrogens is 5. The van der Waals surface area contributed by atoms with Crippen LogP contribution in [-0.2, 0) is 21.8 Å². The van der Waals surface area contributed by atoms with Crippen molar-refractivity contribution < 1.29 is 17.9 Å². The fourth-order valence-corrected chi connectivity index (χ4v) is 7.70. The van der Waals surface area contributed by atoms with E-state index in [0.717, 1.165) is 39.2 Å². The van der Waals surface area contributed by atoms with Crippen LogP contribution in [0.1, 0.15) is 12.6 Å². The molecular formula is C25H31N9O4S2. The Hall–Kier alpha value is -3.66. The summed E-state index contributed by atoms with van der Waals surface area (Å²) in [5.74, 6) is 0.751. The summed E-state index contributed by atoms with van der Waals surface area (Å²) in [4.78, 5) is 26.9. The Bertz CT molecular complexity index is 1630. The van der Waals surface area contributed by atoms with Crippen molar-refractivity contribution in [3.05, 3.63) is 42.6 Å². The van der Waals surface area contributed by atoms with Crippen molar-refractivity contribution in [2.24, 2.45) is 7.05 Å². The number of rotatable bonds is 8. The molecule has 0 spiro atoms. The Morgan fingerprint density at radius 2 is 1.98 bits per heavy atom. The zero-order valence-electron chi connectivity index (χ0n) is 22.7. The van der Waals surface area contributed by atoms with E-state index in [-0.39, 0.29) is 15.4 Å². The number of methoxy groups -OCH3 is 1. The molecular weight excluding hydrogens is 554 g/mol. The summed E-state index contributed by atoms with van der Waals surface area (Å²) in [5.41, 5.74) is 3.18. The number of aryl methyl sites for hydroxylation is 2. The molecule has 40 heavy (non-hydrogen) atoms. The molecule has 1 aliphatic rings. The Balaban J connectivity index is 1.22. The van der Waals surface area contributed by atoms with E-state index in [1.807, 2.05) is 37.6 Å². The molecule has 1 fully saturated rings. The van der Waals surface area contributed by atoms with Crippen molar-refractivity contribution in [3.63, 3.8) is 0 Å². The second kappa shape index (κ2) is 11.4. The number of carbonyl (C=O) groups excluding carboxylic acids is 1. The lowest BCUT2D eigenvalue weighted by atomic mass is 10.1. The molecule has 1 saturated heterocycles. The van der Waals surface area contributed by atoms with E-state index in [9.17, 15) is 13.2 Å². The van der Waals surface area contributed by atoms with Crippen LogP contribution in [0.3, 0.4) is 0 Å². The number of hydrogen-bond acceptors (Lipinski definition) is 11. The first kappa shape index (κ1) is 27.9. The van der Waals surface area contributed by atoms with Crippen LogP contribution < -0.4 is 10.6 Å². The summed E-state index contributed by atoms with van der Waals surface area (Å²) >= 11 is 0.925. The first-order valence-corrected chi connectivity index (χ1v) is 15.0. The highest BCUT2D eigenvalue weighted by molar-refractivity contribution is 7.91. The summed E-state index contributed by atoms with van der Waals surface area (Å²) in [7, 11) is -0.614. The van der Waals surface area contributed by atoms with E-state index >= 15 is 0 Å². The SMILES string of the molecule is COC(=O)Nc1nc(C)c(S(=O)(=O)N2CCN(C[C@H](C)Nc3ncnc4c(-c5cnn(C)c5)cccc34)CC2)s1. The molecule has 1 amide bonds. The minimum absolute atomic E-state index is 0.0546. The lowest BCUT2D eigenvalue weighted by molar-refractivity contribution is 0.184. The van der Waals surface area contributed by atoms with Crippen molar-refractivity contribution >= 4 is 49.3 Å². The zero-order valence-corrected chi connectivity index (χ0v) is 24.3. The van der Waals surface area contributed by atoms with Crippen molar-refractivity contribution in [2.75, 3.05) is 50.5 Å². The van der Waals surface area contributed by atoms with Gasteiger partial charge in [0.15, 0.2) is 9.34 Å². The summed E-state index contributed by atoms with van der Waals surface area (Å²) in [5, 5.41) is 11.3. The first-order chi connectivity index (χ1) is 19.2. The number of piperazine rings is 1. The standard InChI is InChI=1S/C25H31N9O4S2/c1-16(29-22-20-7-5-6-19(21(20)26-15-27-22)18-12-28-32(3)14-18)13-33-8-10-34(11-9-33)40(36,37)23-17(2)30-24(39-23)31-25(35)38-4/h5-7,12,14-16H,8-11,13H2,1-4H3,(H,26,27,29)(H,30,31,35)/t16-/m0/s1. The molecule has 0 unspecified atom stereocenters. The van der Waals surface area contributed by atoms with Crippen LogP contribution in [-0.4, -0.2) is 94.3 Å². The number of nitrogens with one attached hydrogen (secondary N) is 2. The number of para-hydroxylation sites is 1. The van der Waals surface area contributed by atoms with E-state index in [2.05, 4.69) is 47.2 Å². The number of nitrogens with zero attached hydrogens (tertiary/aromatic N) is 7. The van der Waals surface area contributed by atoms with Gasteiger partial charge in [0.1, 0.15) is 12.1 Å². The van der Waals surface area contributed by atoms with Crippen molar-refractivity contribution in [1.82, 2.24) is 33.9 Å². The lowest BCUT2D eigenvalue weighted by Crippen LogP contribution is -2.50. The molecule has 3 aromatic heterocycles. The molecule has 1 atom stereocenters. The highest BCUT2D eigenvalue weighted by Crippen LogP contribution is 2.31. The second-order valence-corrected chi connectivity index (χ2v) is 12.7. The van der Waals surface area contributed by atoms with Gasteiger partial charge in [-0.15, -0.1) is 0 Å². The molecule has 5 rings (SSSR count). The van der Waals surface area contributed by atoms with Crippen LogP contribution >= 0.6 is 11.3 Å².